The van der Waals surface area contributed by atoms with Gasteiger partial charge < -0.3 is 18.9 Å². The molecule has 0 saturated heterocycles. The molecule has 0 spiro atoms. The predicted molar refractivity (Wildman–Crippen MR) is 119 cm³/mol. The van der Waals surface area contributed by atoms with Crippen molar-refractivity contribution in [2.75, 3.05) is 19.8 Å². The molecule has 168 valence electrons. The van der Waals surface area contributed by atoms with Crippen LogP contribution in [0.1, 0.15) is 52.9 Å². The average Bonchev–Trinajstić information content (AvgIpc) is 2.93. The number of ketones is 1. The SMILES string of the molecule is CCOC(=O)c1c(C)c(C(=O)CN(C(=O)COc2ccc(Cl)cc2)C(C)C)c(C)n1C. The molecule has 0 unspecified atom stereocenters. The van der Waals surface area contributed by atoms with Crippen molar-refractivity contribution in [3.8, 4) is 5.75 Å². The summed E-state index contributed by atoms with van der Waals surface area (Å²) in [6.07, 6.45) is 0. The topological polar surface area (TPSA) is 77.8 Å². The van der Waals surface area contributed by atoms with Gasteiger partial charge in [0.1, 0.15) is 11.4 Å². The van der Waals surface area contributed by atoms with Crippen LogP contribution < -0.4 is 4.74 Å². The number of ether oxygens (including phenoxy) is 2. The fraction of sp³-hybridized carbons (Fsp3) is 0.435. The number of nitrogens with zero attached hydrogens (tertiary/aromatic N) is 2. The second-order valence-electron chi connectivity index (χ2n) is 7.49. The van der Waals surface area contributed by atoms with E-state index in [1.807, 2.05) is 13.8 Å². The summed E-state index contributed by atoms with van der Waals surface area (Å²) < 4.78 is 12.3. The number of amides is 1. The van der Waals surface area contributed by atoms with Gasteiger partial charge in [0, 0.05) is 29.4 Å². The average molecular weight is 449 g/mol. The number of rotatable bonds is 9. The van der Waals surface area contributed by atoms with E-state index in [9.17, 15) is 14.4 Å². The van der Waals surface area contributed by atoms with Crippen LogP contribution in [0, 0.1) is 13.8 Å². The molecule has 2 rings (SSSR count). The lowest BCUT2D eigenvalue weighted by Crippen LogP contribution is -2.43. The Hall–Kier alpha value is -2.80. The Morgan fingerprint density at radius 3 is 2.29 bits per heavy atom. The predicted octanol–water partition coefficient (Wildman–Crippen LogP) is 3.97. The Morgan fingerprint density at radius 2 is 1.74 bits per heavy atom. The molecule has 0 aliphatic rings. The zero-order valence-electron chi connectivity index (χ0n) is 18.8. The molecule has 1 aromatic heterocycles. The zero-order valence-corrected chi connectivity index (χ0v) is 19.6. The number of halogens is 1. The van der Waals surface area contributed by atoms with Gasteiger partial charge in [-0.2, -0.15) is 0 Å². The third kappa shape index (κ3) is 5.67. The Morgan fingerprint density at radius 1 is 1.13 bits per heavy atom. The highest BCUT2D eigenvalue weighted by molar-refractivity contribution is 6.30. The smallest absolute Gasteiger partial charge is 0.355 e. The quantitative estimate of drug-likeness (QED) is 0.428. The van der Waals surface area contributed by atoms with Crippen molar-refractivity contribution in [3.05, 3.63) is 51.8 Å². The van der Waals surface area contributed by atoms with Crippen LogP contribution in [0.15, 0.2) is 24.3 Å². The minimum Gasteiger partial charge on any atom is -0.484 e. The first-order valence-corrected chi connectivity index (χ1v) is 10.5. The van der Waals surface area contributed by atoms with Crippen molar-refractivity contribution in [1.82, 2.24) is 9.47 Å². The fourth-order valence-corrected chi connectivity index (χ4v) is 3.55. The summed E-state index contributed by atoms with van der Waals surface area (Å²) in [5.41, 5.74) is 1.98. The summed E-state index contributed by atoms with van der Waals surface area (Å²) in [4.78, 5) is 39.7. The second kappa shape index (κ2) is 10.5. The van der Waals surface area contributed by atoms with Crippen molar-refractivity contribution in [1.29, 1.82) is 0 Å². The van der Waals surface area contributed by atoms with Crippen LogP contribution in [0.3, 0.4) is 0 Å². The number of aromatic nitrogens is 1. The molecule has 7 nitrogen and oxygen atoms in total. The van der Waals surface area contributed by atoms with E-state index in [2.05, 4.69) is 0 Å². The Bertz CT molecular complexity index is 963. The maximum Gasteiger partial charge on any atom is 0.355 e. The van der Waals surface area contributed by atoms with Gasteiger partial charge in [-0.1, -0.05) is 11.6 Å². The Balaban J connectivity index is 2.18. The summed E-state index contributed by atoms with van der Waals surface area (Å²) in [6.45, 7) is 8.82. The van der Waals surface area contributed by atoms with E-state index in [1.165, 1.54) is 4.90 Å². The van der Waals surface area contributed by atoms with Crippen LogP contribution in [0.5, 0.6) is 5.75 Å². The monoisotopic (exact) mass is 448 g/mol. The lowest BCUT2D eigenvalue weighted by Gasteiger charge is -2.26. The number of hydrogen-bond acceptors (Lipinski definition) is 5. The van der Waals surface area contributed by atoms with Gasteiger partial charge in [-0.05, 0) is 64.4 Å². The van der Waals surface area contributed by atoms with Gasteiger partial charge >= 0.3 is 5.97 Å². The number of Topliss-reactive ketones (excluding diaryl/α,β-unsaturated/α-hetero) is 1. The van der Waals surface area contributed by atoms with Gasteiger partial charge in [-0.15, -0.1) is 0 Å². The molecular weight excluding hydrogens is 420 g/mol. The van der Waals surface area contributed by atoms with E-state index in [1.54, 1.807) is 56.7 Å². The molecule has 1 aromatic carbocycles. The summed E-state index contributed by atoms with van der Waals surface area (Å²) in [6, 6.07) is 6.49. The van der Waals surface area contributed by atoms with Gasteiger partial charge in [0.25, 0.3) is 5.91 Å². The van der Waals surface area contributed by atoms with E-state index < -0.39 is 5.97 Å². The number of benzene rings is 1. The van der Waals surface area contributed by atoms with Crippen molar-refractivity contribution < 1.29 is 23.9 Å². The summed E-state index contributed by atoms with van der Waals surface area (Å²) in [5.74, 6) is -0.510. The number of esters is 1. The molecule has 2 aromatic rings. The highest BCUT2D eigenvalue weighted by Gasteiger charge is 2.28. The third-order valence-electron chi connectivity index (χ3n) is 5.11. The van der Waals surface area contributed by atoms with Crippen LogP contribution in [0.4, 0.5) is 0 Å². The molecule has 1 amide bonds. The molecule has 0 bridgehead atoms. The highest BCUT2D eigenvalue weighted by Crippen LogP contribution is 2.23. The maximum absolute atomic E-state index is 13.1. The molecule has 0 aliphatic heterocycles. The summed E-state index contributed by atoms with van der Waals surface area (Å²) in [5, 5.41) is 0.573. The van der Waals surface area contributed by atoms with Gasteiger partial charge in [0.15, 0.2) is 12.4 Å². The van der Waals surface area contributed by atoms with Gasteiger partial charge in [-0.25, -0.2) is 4.79 Å². The largest absolute Gasteiger partial charge is 0.484 e. The molecule has 31 heavy (non-hydrogen) atoms. The molecular formula is C23H29ClN2O5. The van der Waals surface area contributed by atoms with Gasteiger partial charge in [0.2, 0.25) is 0 Å². The summed E-state index contributed by atoms with van der Waals surface area (Å²) in [7, 11) is 1.72. The standard InChI is InChI=1S/C23H29ClN2O5/c1-7-30-23(29)22-15(4)21(16(5)25(22)6)19(27)12-26(14(2)3)20(28)13-31-18-10-8-17(24)9-11-18/h8-11,14H,7,12-13H2,1-6H3. The van der Waals surface area contributed by atoms with Crippen LogP contribution in [0.2, 0.25) is 5.02 Å². The molecule has 0 saturated carbocycles. The minimum atomic E-state index is -0.474. The maximum atomic E-state index is 13.1. The zero-order chi connectivity index (χ0) is 23.3. The van der Waals surface area contributed by atoms with Crippen molar-refractivity contribution >= 4 is 29.3 Å². The van der Waals surface area contributed by atoms with E-state index >= 15 is 0 Å². The van der Waals surface area contributed by atoms with Gasteiger partial charge in [0.05, 0.1) is 13.2 Å². The molecule has 0 aliphatic carbocycles. The molecule has 0 N–H and O–H groups in total. The van der Waals surface area contributed by atoms with E-state index in [4.69, 9.17) is 21.1 Å². The van der Waals surface area contributed by atoms with E-state index in [0.29, 0.717) is 33.3 Å². The number of carbonyl (C=O) groups is 3. The first-order chi connectivity index (χ1) is 14.6. The minimum absolute atomic E-state index is 0.117. The van der Waals surface area contributed by atoms with Crippen molar-refractivity contribution in [2.45, 2.75) is 40.7 Å². The second-order valence-corrected chi connectivity index (χ2v) is 7.93. The van der Waals surface area contributed by atoms with Crippen LogP contribution >= 0.6 is 11.6 Å². The first kappa shape index (κ1) is 24.5. The van der Waals surface area contributed by atoms with E-state index in [0.717, 1.165) is 0 Å². The Kier molecular flexibility index (Phi) is 8.28. The van der Waals surface area contributed by atoms with Crippen LogP contribution in [-0.4, -0.2) is 52.9 Å². The fourth-order valence-electron chi connectivity index (χ4n) is 3.43. The molecule has 0 fully saturated rings. The summed E-state index contributed by atoms with van der Waals surface area (Å²) >= 11 is 5.86. The van der Waals surface area contributed by atoms with E-state index in [-0.39, 0.29) is 37.5 Å². The van der Waals surface area contributed by atoms with Crippen LogP contribution in [0.25, 0.3) is 0 Å². The van der Waals surface area contributed by atoms with Crippen molar-refractivity contribution in [2.24, 2.45) is 7.05 Å². The Labute approximate surface area is 187 Å². The molecule has 1 heterocycles. The lowest BCUT2D eigenvalue weighted by molar-refractivity contribution is -0.134. The molecule has 0 atom stereocenters. The normalized spacial score (nSPS) is 10.8. The highest BCUT2D eigenvalue weighted by atomic mass is 35.5. The molecule has 0 radical (unpaired) electrons. The first-order valence-electron chi connectivity index (χ1n) is 10.1. The van der Waals surface area contributed by atoms with Crippen LogP contribution in [-0.2, 0) is 16.6 Å². The van der Waals surface area contributed by atoms with Crippen molar-refractivity contribution in [3.63, 3.8) is 0 Å². The third-order valence-corrected chi connectivity index (χ3v) is 5.36. The number of hydrogen-bond donors (Lipinski definition) is 0. The lowest BCUT2D eigenvalue weighted by atomic mass is 10.0. The molecule has 8 heteroatoms. The number of carbonyl (C=O) groups excluding carboxylic acids is 3. The van der Waals surface area contributed by atoms with Gasteiger partial charge in [-0.3, -0.25) is 9.59 Å².